The van der Waals surface area contributed by atoms with Gasteiger partial charge in [-0.3, -0.25) is 10.1 Å². The van der Waals surface area contributed by atoms with E-state index in [2.05, 4.69) is 14.7 Å². The van der Waals surface area contributed by atoms with Crippen LogP contribution >= 0.6 is 11.5 Å². The summed E-state index contributed by atoms with van der Waals surface area (Å²) >= 11 is 0.697. The molecular formula is C23H22N4O7S2. The Morgan fingerprint density at radius 2 is 2.06 bits per heavy atom. The summed E-state index contributed by atoms with van der Waals surface area (Å²) in [6.45, 7) is 5.52. The standard InChI is InChI=1S/C23H22N4O7S2/c1-4-32-19-11-15(7-8-17(19)34-21(29)18-6-5-9-33-18)10-16(12-24)20(28)25-22-26-23(27-35-22)36(30,31)13-14(2)3/h5-11,14H,4,13H2,1-3H3,(H,25,26,27,28)/b16-10-. The number of esters is 1. The van der Waals surface area contributed by atoms with Crippen LogP contribution in [0, 0.1) is 17.2 Å². The molecule has 1 amide bonds. The second-order valence-electron chi connectivity index (χ2n) is 7.69. The predicted molar refractivity (Wildman–Crippen MR) is 130 cm³/mol. The van der Waals surface area contributed by atoms with Crippen molar-refractivity contribution in [2.75, 3.05) is 17.7 Å². The van der Waals surface area contributed by atoms with Gasteiger partial charge in [-0.05, 0) is 48.7 Å². The van der Waals surface area contributed by atoms with E-state index >= 15 is 0 Å². The molecule has 11 nitrogen and oxygen atoms in total. The molecule has 2 heterocycles. The highest BCUT2D eigenvalue weighted by molar-refractivity contribution is 7.91. The third kappa shape index (κ3) is 6.77. The molecule has 0 fully saturated rings. The average Bonchev–Trinajstić information content (AvgIpc) is 3.51. The zero-order valence-corrected chi connectivity index (χ0v) is 21.2. The summed E-state index contributed by atoms with van der Waals surface area (Å²) in [5.74, 6) is -1.40. The number of carbonyl (C=O) groups excluding carboxylic acids is 2. The number of hydrogen-bond acceptors (Lipinski definition) is 11. The Morgan fingerprint density at radius 1 is 1.28 bits per heavy atom. The Kier molecular flexibility index (Phi) is 8.57. The average molecular weight is 531 g/mol. The highest BCUT2D eigenvalue weighted by Gasteiger charge is 2.23. The van der Waals surface area contributed by atoms with Gasteiger partial charge < -0.3 is 13.9 Å². The minimum Gasteiger partial charge on any atom is -0.490 e. The smallest absolute Gasteiger partial charge is 0.379 e. The first-order valence-electron chi connectivity index (χ1n) is 10.6. The van der Waals surface area contributed by atoms with Gasteiger partial charge in [0.05, 0.1) is 18.6 Å². The highest BCUT2D eigenvalue weighted by Crippen LogP contribution is 2.30. The van der Waals surface area contributed by atoms with Crippen LogP contribution in [0.25, 0.3) is 6.08 Å². The molecule has 0 aliphatic heterocycles. The number of nitrogens with zero attached hydrogens (tertiary/aromatic N) is 3. The molecule has 0 aliphatic rings. The summed E-state index contributed by atoms with van der Waals surface area (Å²) in [5, 5.41) is 11.5. The Bertz CT molecular complexity index is 1420. The van der Waals surface area contributed by atoms with Crippen LogP contribution in [0.3, 0.4) is 0 Å². The van der Waals surface area contributed by atoms with E-state index in [-0.39, 0.29) is 51.4 Å². The van der Waals surface area contributed by atoms with E-state index in [1.54, 1.807) is 32.9 Å². The molecule has 0 radical (unpaired) electrons. The lowest BCUT2D eigenvalue weighted by molar-refractivity contribution is -0.112. The molecule has 0 saturated heterocycles. The summed E-state index contributed by atoms with van der Waals surface area (Å²) in [4.78, 5) is 28.7. The summed E-state index contributed by atoms with van der Waals surface area (Å²) < 4.78 is 44.2. The van der Waals surface area contributed by atoms with Crippen LogP contribution < -0.4 is 14.8 Å². The van der Waals surface area contributed by atoms with E-state index in [0.29, 0.717) is 17.1 Å². The van der Waals surface area contributed by atoms with Gasteiger partial charge in [0.2, 0.25) is 20.7 Å². The first-order chi connectivity index (χ1) is 17.1. The van der Waals surface area contributed by atoms with Crippen LogP contribution in [-0.4, -0.2) is 42.0 Å². The Morgan fingerprint density at radius 3 is 2.69 bits per heavy atom. The maximum absolute atomic E-state index is 12.6. The number of aromatic nitrogens is 2. The molecule has 0 aliphatic carbocycles. The van der Waals surface area contributed by atoms with E-state index in [9.17, 15) is 23.3 Å². The summed E-state index contributed by atoms with van der Waals surface area (Å²) in [6, 6.07) is 9.29. The van der Waals surface area contributed by atoms with Crippen molar-refractivity contribution in [1.82, 2.24) is 9.36 Å². The van der Waals surface area contributed by atoms with Gasteiger partial charge in [-0.25, -0.2) is 13.2 Å². The van der Waals surface area contributed by atoms with E-state index in [4.69, 9.17) is 13.9 Å². The van der Waals surface area contributed by atoms with E-state index < -0.39 is 21.7 Å². The molecule has 0 saturated carbocycles. The van der Waals surface area contributed by atoms with E-state index in [1.807, 2.05) is 0 Å². The third-order valence-corrected chi connectivity index (χ3v) is 6.92. The molecule has 0 atom stereocenters. The van der Waals surface area contributed by atoms with Crippen LogP contribution in [0.1, 0.15) is 36.9 Å². The maximum Gasteiger partial charge on any atom is 0.379 e. The van der Waals surface area contributed by atoms with Crippen molar-refractivity contribution in [2.45, 2.75) is 25.9 Å². The van der Waals surface area contributed by atoms with Gasteiger partial charge in [0.1, 0.15) is 11.6 Å². The van der Waals surface area contributed by atoms with Crippen molar-refractivity contribution in [3.05, 3.63) is 53.5 Å². The zero-order chi connectivity index (χ0) is 26.3. The number of nitriles is 1. The molecule has 3 aromatic rings. The van der Waals surface area contributed by atoms with Gasteiger partial charge in [0, 0.05) is 11.5 Å². The fourth-order valence-corrected chi connectivity index (χ4v) is 5.24. The molecule has 0 spiro atoms. The van der Waals surface area contributed by atoms with Gasteiger partial charge in [0.15, 0.2) is 11.5 Å². The fourth-order valence-electron chi connectivity index (χ4n) is 2.89. The second kappa shape index (κ2) is 11.6. The van der Waals surface area contributed by atoms with Crippen LogP contribution in [0.4, 0.5) is 5.13 Å². The largest absolute Gasteiger partial charge is 0.490 e. The van der Waals surface area contributed by atoms with Crippen LogP contribution in [0.15, 0.2) is 51.7 Å². The molecule has 3 rings (SSSR count). The van der Waals surface area contributed by atoms with Crippen LogP contribution in [0.5, 0.6) is 11.5 Å². The molecule has 2 aromatic heterocycles. The first kappa shape index (κ1) is 26.6. The van der Waals surface area contributed by atoms with Crippen molar-refractivity contribution >= 4 is 44.5 Å². The summed E-state index contributed by atoms with van der Waals surface area (Å²) in [5.41, 5.74) is 0.139. The Balaban J connectivity index is 1.78. The predicted octanol–water partition coefficient (Wildman–Crippen LogP) is 3.72. The SMILES string of the molecule is CCOc1cc(/C=C(/C#N)C(=O)Nc2nc(S(=O)(=O)CC(C)C)ns2)ccc1OC(=O)c1ccco1. The second-order valence-corrected chi connectivity index (χ2v) is 10.4. The first-order valence-corrected chi connectivity index (χ1v) is 13.1. The number of sulfone groups is 1. The molecule has 188 valence electrons. The lowest BCUT2D eigenvalue weighted by Gasteiger charge is -2.11. The van der Waals surface area contributed by atoms with Crippen molar-refractivity contribution in [2.24, 2.45) is 5.92 Å². The van der Waals surface area contributed by atoms with Crippen LogP contribution in [0.2, 0.25) is 0 Å². The number of anilines is 1. The Labute approximate surface area is 211 Å². The van der Waals surface area contributed by atoms with E-state index in [1.165, 1.54) is 36.6 Å². The van der Waals surface area contributed by atoms with Gasteiger partial charge >= 0.3 is 5.97 Å². The van der Waals surface area contributed by atoms with Crippen molar-refractivity contribution in [3.63, 3.8) is 0 Å². The maximum atomic E-state index is 12.6. The number of rotatable bonds is 10. The fraction of sp³-hybridized carbons (Fsp3) is 0.261. The molecule has 36 heavy (non-hydrogen) atoms. The minimum absolute atomic E-state index is 0.0155. The summed E-state index contributed by atoms with van der Waals surface area (Å²) in [6.07, 6.45) is 2.64. The van der Waals surface area contributed by atoms with Gasteiger partial charge in [0.25, 0.3) is 11.1 Å². The molecule has 0 bridgehead atoms. The number of furan rings is 1. The number of amides is 1. The zero-order valence-electron chi connectivity index (χ0n) is 19.5. The summed E-state index contributed by atoms with van der Waals surface area (Å²) in [7, 11) is -3.68. The number of nitrogens with one attached hydrogen (secondary N) is 1. The van der Waals surface area contributed by atoms with Crippen molar-refractivity contribution in [3.8, 4) is 17.6 Å². The number of hydrogen-bond donors (Lipinski definition) is 1. The monoisotopic (exact) mass is 530 g/mol. The van der Waals surface area contributed by atoms with Crippen molar-refractivity contribution in [1.29, 1.82) is 5.26 Å². The number of benzene rings is 1. The topological polar surface area (TPSA) is 161 Å². The lowest BCUT2D eigenvalue weighted by Crippen LogP contribution is -2.15. The molecule has 1 aromatic carbocycles. The number of carbonyl (C=O) groups is 2. The lowest BCUT2D eigenvalue weighted by atomic mass is 10.1. The third-order valence-electron chi connectivity index (χ3n) is 4.33. The van der Waals surface area contributed by atoms with Gasteiger partial charge in [-0.2, -0.15) is 14.6 Å². The highest BCUT2D eigenvalue weighted by atomic mass is 32.2. The number of ether oxygens (including phenoxy) is 2. The van der Waals surface area contributed by atoms with Gasteiger partial charge in [-0.1, -0.05) is 19.9 Å². The Hall–Kier alpha value is -4.02. The van der Waals surface area contributed by atoms with Gasteiger partial charge in [-0.15, -0.1) is 0 Å². The normalized spacial score (nSPS) is 11.7. The molecule has 1 N–H and O–H groups in total. The molecule has 0 unspecified atom stereocenters. The quantitative estimate of drug-likeness (QED) is 0.177. The van der Waals surface area contributed by atoms with E-state index in [0.717, 1.165) is 0 Å². The molecular weight excluding hydrogens is 508 g/mol. The van der Waals surface area contributed by atoms with Crippen LogP contribution in [-0.2, 0) is 14.6 Å². The van der Waals surface area contributed by atoms with Crippen molar-refractivity contribution < 1.29 is 31.9 Å². The molecule has 13 heteroatoms. The minimum atomic E-state index is -3.68.